The number of halogens is 3. The minimum atomic E-state index is -0.568. The highest BCUT2D eigenvalue weighted by Gasteiger charge is 2.15. The first-order valence-electron chi connectivity index (χ1n) is 7.20. The number of rotatable bonds is 4. The zero-order valence-electron chi connectivity index (χ0n) is 12.9. The summed E-state index contributed by atoms with van der Waals surface area (Å²) in [5, 5.41) is 6.89. The Morgan fingerprint density at radius 2 is 2.12 bits per heavy atom. The monoisotopic (exact) mass is 383 g/mol. The summed E-state index contributed by atoms with van der Waals surface area (Å²) in [6.45, 7) is 1.40. The van der Waals surface area contributed by atoms with Gasteiger partial charge in [-0.2, -0.15) is 0 Å². The van der Waals surface area contributed by atoms with E-state index in [0.717, 1.165) is 4.68 Å². The molecule has 0 radical (unpaired) electrons. The molecule has 2 heterocycles. The molecule has 0 fully saturated rings. The van der Waals surface area contributed by atoms with Crippen molar-refractivity contribution in [1.82, 2.24) is 24.5 Å². The molecule has 10 heteroatoms. The number of nitrogens with one attached hydrogen (secondary N) is 1. The average Bonchev–Trinajstić information content (AvgIpc) is 2.85. The Balaban J connectivity index is 1.75. The fourth-order valence-electron chi connectivity index (χ4n) is 2.29. The fraction of sp³-hybridized carbons (Fsp3) is 0.200. The lowest BCUT2D eigenvalue weighted by atomic mass is 10.1. The molecule has 2 aromatic heterocycles. The Labute approximate surface area is 151 Å². The van der Waals surface area contributed by atoms with Crippen LogP contribution in [0.5, 0.6) is 0 Å². The highest BCUT2D eigenvalue weighted by atomic mass is 35.5. The molecule has 0 aliphatic rings. The molecule has 0 spiro atoms. The van der Waals surface area contributed by atoms with E-state index in [4.69, 9.17) is 23.2 Å². The van der Waals surface area contributed by atoms with Crippen LogP contribution in [0, 0.1) is 5.82 Å². The molecular formula is C15H12Cl2FN5O2. The third kappa shape index (κ3) is 3.64. The van der Waals surface area contributed by atoms with E-state index in [0.29, 0.717) is 5.56 Å². The Hall–Kier alpha value is -2.45. The molecule has 25 heavy (non-hydrogen) atoms. The molecule has 0 aliphatic heterocycles. The Bertz CT molecular complexity index is 1020. The molecule has 3 aromatic rings. The van der Waals surface area contributed by atoms with Gasteiger partial charge in [0.15, 0.2) is 5.65 Å². The molecule has 1 amide bonds. The van der Waals surface area contributed by atoms with Crippen molar-refractivity contribution >= 4 is 34.8 Å². The van der Waals surface area contributed by atoms with E-state index in [-0.39, 0.29) is 22.4 Å². The fourth-order valence-corrected chi connectivity index (χ4v) is 2.55. The van der Waals surface area contributed by atoms with E-state index in [1.807, 2.05) is 0 Å². The van der Waals surface area contributed by atoms with E-state index in [9.17, 15) is 14.0 Å². The molecule has 0 saturated carbocycles. The van der Waals surface area contributed by atoms with Gasteiger partial charge < -0.3 is 5.32 Å². The minimum Gasteiger partial charge on any atom is -0.348 e. The van der Waals surface area contributed by atoms with E-state index < -0.39 is 23.5 Å². The second kappa shape index (κ2) is 6.81. The van der Waals surface area contributed by atoms with Crippen molar-refractivity contribution in [2.45, 2.75) is 19.5 Å². The van der Waals surface area contributed by atoms with Crippen LogP contribution in [0.3, 0.4) is 0 Å². The number of carbonyl (C=O) groups excluding carboxylic acids is 1. The molecule has 130 valence electrons. The van der Waals surface area contributed by atoms with Crippen molar-refractivity contribution in [1.29, 1.82) is 0 Å². The summed E-state index contributed by atoms with van der Waals surface area (Å²) >= 11 is 11.4. The quantitative estimate of drug-likeness (QED) is 0.700. The van der Waals surface area contributed by atoms with Crippen molar-refractivity contribution in [2.24, 2.45) is 0 Å². The summed E-state index contributed by atoms with van der Waals surface area (Å²) in [6.07, 6.45) is 1.24. The molecule has 7 nitrogen and oxygen atoms in total. The zero-order chi connectivity index (χ0) is 18.1. The van der Waals surface area contributed by atoms with Crippen molar-refractivity contribution in [2.75, 3.05) is 0 Å². The summed E-state index contributed by atoms with van der Waals surface area (Å²) in [5.74, 6) is -1.02. The molecule has 1 N–H and O–H groups in total. The highest BCUT2D eigenvalue weighted by molar-refractivity contribution is 6.30. The predicted molar refractivity (Wildman–Crippen MR) is 90.2 cm³/mol. The lowest BCUT2D eigenvalue weighted by Gasteiger charge is -2.14. The lowest BCUT2D eigenvalue weighted by Crippen LogP contribution is -2.34. The zero-order valence-corrected chi connectivity index (χ0v) is 14.4. The molecule has 0 saturated heterocycles. The van der Waals surface area contributed by atoms with Crippen LogP contribution in [0.1, 0.15) is 18.5 Å². The number of aromatic nitrogens is 4. The summed E-state index contributed by atoms with van der Waals surface area (Å²) in [7, 11) is 0. The molecule has 0 unspecified atom stereocenters. The number of benzene rings is 1. The van der Waals surface area contributed by atoms with Crippen LogP contribution in [0.25, 0.3) is 5.65 Å². The standard InChI is InChI=1S/C15H12Cl2FN5O2/c1-8(9-2-3-10(16)11(18)4-9)20-14(24)6-23-15(25)22-7-19-12(17)5-13(22)21-23/h2-5,7-8H,6H2,1H3,(H,20,24)/t8-/m0/s1. The van der Waals surface area contributed by atoms with E-state index in [1.165, 1.54) is 28.9 Å². The Kier molecular flexibility index (Phi) is 4.73. The number of hydrogen-bond donors (Lipinski definition) is 1. The first-order chi connectivity index (χ1) is 11.8. The lowest BCUT2D eigenvalue weighted by molar-refractivity contribution is -0.122. The van der Waals surface area contributed by atoms with Crippen LogP contribution >= 0.6 is 23.2 Å². The maximum atomic E-state index is 13.5. The molecule has 3 rings (SSSR count). The number of fused-ring (bicyclic) bond motifs is 1. The van der Waals surface area contributed by atoms with Crippen LogP contribution in [0.4, 0.5) is 4.39 Å². The van der Waals surface area contributed by atoms with Gasteiger partial charge in [0.25, 0.3) is 0 Å². The first-order valence-corrected chi connectivity index (χ1v) is 7.96. The van der Waals surface area contributed by atoms with Gasteiger partial charge in [0.05, 0.1) is 11.1 Å². The average molecular weight is 384 g/mol. The van der Waals surface area contributed by atoms with Crippen LogP contribution in [0.15, 0.2) is 35.4 Å². The third-order valence-electron chi connectivity index (χ3n) is 3.56. The van der Waals surface area contributed by atoms with Crippen molar-refractivity contribution < 1.29 is 9.18 Å². The third-order valence-corrected chi connectivity index (χ3v) is 4.07. The molecule has 0 aliphatic carbocycles. The van der Waals surface area contributed by atoms with Gasteiger partial charge in [-0.3, -0.25) is 4.79 Å². The largest absolute Gasteiger partial charge is 0.352 e. The van der Waals surface area contributed by atoms with Gasteiger partial charge in [-0.15, -0.1) is 5.10 Å². The van der Waals surface area contributed by atoms with Crippen LogP contribution in [0.2, 0.25) is 10.2 Å². The Morgan fingerprint density at radius 3 is 2.84 bits per heavy atom. The van der Waals surface area contributed by atoms with Gasteiger partial charge in [-0.1, -0.05) is 29.3 Å². The highest BCUT2D eigenvalue weighted by Crippen LogP contribution is 2.20. The van der Waals surface area contributed by atoms with Gasteiger partial charge in [-0.25, -0.2) is 23.3 Å². The summed E-state index contributed by atoms with van der Waals surface area (Å²) < 4.78 is 15.7. The smallest absolute Gasteiger partial charge is 0.348 e. The van der Waals surface area contributed by atoms with Crippen molar-refractivity contribution in [3.05, 3.63) is 62.6 Å². The van der Waals surface area contributed by atoms with Gasteiger partial charge in [0.1, 0.15) is 23.8 Å². The van der Waals surface area contributed by atoms with E-state index in [1.54, 1.807) is 13.0 Å². The van der Waals surface area contributed by atoms with Crippen LogP contribution in [-0.2, 0) is 11.3 Å². The second-order valence-electron chi connectivity index (χ2n) is 5.34. The topological polar surface area (TPSA) is 81.3 Å². The molecular weight excluding hydrogens is 372 g/mol. The van der Waals surface area contributed by atoms with Gasteiger partial charge >= 0.3 is 5.69 Å². The SMILES string of the molecule is C[C@H](NC(=O)Cn1nc2cc(Cl)ncn2c1=O)c1ccc(Cl)c(F)c1. The van der Waals surface area contributed by atoms with Gasteiger partial charge in [-0.05, 0) is 24.6 Å². The Morgan fingerprint density at radius 1 is 1.36 bits per heavy atom. The normalized spacial score (nSPS) is 12.3. The maximum Gasteiger partial charge on any atom is 0.352 e. The minimum absolute atomic E-state index is 0.00537. The van der Waals surface area contributed by atoms with Crippen molar-refractivity contribution in [3.8, 4) is 0 Å². The summed E-state index contributed by atoms with van der Waals surface area (Å²) in [5.41, 5.74) is 0.318. The van der Waals surface area contributed by atoms with Gasteiger partial charge in [0.2, 0.25) is 5.91 Å². The number of carbonyl (C=O) groups is 1. The number of hydrogen-bond acceptors (Lipinski definition) is 4. The first kappa shape index (κ1) is 17.4. The van der Waals surface area contributed by atoms with E-state index in [2.05, 4.69) is 15.4 Å². The van der Waals surface area contributed by atoms with Crippen LogP contribution < -0.4 is 11.0 Å². The number of nitrogens with zero attached hydrogens (tertiary/aromatic N) is 4. The van der Waals surface area contributed by atoms with Gasteiger partial charge in [0, 0.05) is 6.07 Å². The van der Waals surface area contributed by atoms with Crippen molar-refractivity contribution in [3.63, 3.8) is 0 Å². The summed E-state index contributed by atoms with van der Waals surface area (Å²) in [4.78, 5) is 28.1. The van der Waals surface area contributed by atoms with E-state index >= 15 is 0 Å². The molecule has 1 aromatic carbocycles. The molecule has 1 atom stereocenters. The maximum absolute atomic E-state index is 13.5. The second-order valence-corrected chi connectivity index (χ2v) is 6.14. The number of amides is 1. The summed E-state index contributed by atoms with van der Waals surface area (Å²) in [6, 6.07) is 5.22. The molecule has 0 bridgehead atoms. The predicted octanol–water partition coefficient (Wildman–Crippen LogP) is 2.21. The van der Waals surface area contributed by atoms with Crippen LogP contribution in [-0.4, -0.2) is 25.1 Å².